The highest BCUT2D eigenvalue weighted by molar-refractivity contribution is 5.56. The van der Waals surface area contributed by atoms with E-state index in [1.165, 1.54) is 6.20 Å². The zero-order valence-electron chi connectivity index (χ0n) is 6.65. The first-order chi connectivity index (χ1) is 5.66. The summed E-state index contributed by atoms with van der Waals surface area (Å²) in [5.41, 5.74) is 1.33. The van der Waals surface area contributed by atoms with Crippen LogP contribution in [0.1, 0.15) is 11.1 Å². The van der Waals surface area contributed by atoms with Crippen LogP contribution in [0.25, 0.3) is 6.08 Å². The Hall–Kier alpha value is -1.71. The zero-order chi connectivity index (χ0) is 9.14. The van der Waals surface area contributed by atoms with Crippen LogP contribution in [0, 0.1) is 17.0 Å². The predicted molar refractivity (Wildman–Crippen MR) is 45.7 cm³/mol. The van der Waals surface area contributed by atoms with Gasteiger partial charge in [0.2, 0.25) is 0 Å². The van der Waals surface area contributed by atoms with Gasteiger partial charge in [-0.2, -0.15) is 0 Å². The van der Waals surface area contributed by atoms with E-state index in [2.05, 4.69) is 11.6 Å². The number of pyridine rings is 1. The monoisotopic (exact) mass is 164 g/mol. The minimum absolute atomic E-state index is 0.0346. The topological polar surface area (TPSA) is 56.0 Å². The number of hydrogen-bond acceptors (Lipinski definition) is 3. The van der Waals surface area contributed by atoms with Crippen LogP contribution in [0.4, 0.5) is 5.69 Å². The van der Waals surface area contributed by atoms with Gasteiger partial charge in [0.25, 0.3) is 5.69 Å². The van der Waals surface area contributed by atoms with Crippen molar-refractivity contribution in [1.29, 1.82) is 0 Å². The molecule has 1 aromatic rings. The van der Waals surface area contributed by atoms with E-state index in [-0.39, 0.29) is 5.69 Å². The molecule has 0 saturated carbocycles. The molecule has 0 saturated heterocycles. The van der Waals surface area contributed by atoms with Crippen molar-refractivity contribution < 1.29 is 4.92 Å². The molecule has 0 unspecified atom stereocenters. The van der Waals surface area contributed by atoms with Gasteiger partial charge in [-0.1, -0.05) is 12.7 Å². The Morgan fingerprint density at radius 2 is 2.33 bits per heavy atom. The van der Waals surface area contributed by atoms with Crippen LogP contribution in [0.3, 0.4) is 0 Å². The molecule has 0 fully saturated rings. The Morgan fingerprint density at radius 1 is 1.67 bits per heavy atom. The molecule has 4 nitrogen and oxygen atoms in total. The second kappa shape index (κ2) is 3.13. The summed E-state index contributed by atoms with van der Waals surface area (Å²) >= 11 is 0. The average Bonchev–Trinajstić information content (AvgIpc) is 2.04. The van der Waals surface area contributed by atoms with Crippen LogP contribution in [0.15, 0.2) is 19.0 Å². The van der Waals surface area contributed by atoms with Crippen LogP contribution in [-0.2, 0) is 0 Å². The third-order valence-corrected chi connectivity index (χ3v) is 1.64. The molecule has 62 valence electrons. The number of nitrogens with zero attached hydrogens (tertiary/aromatic N) is 2. The Balaban J connectivity index is 3.32. The molecule has 0 bridgehead atoms. The van der Waals surface area contributed by atoms with Crippen molar-refractivity contribution in [3.8, 4) is 0 Å². The average molecular weight is 164 g/mol. The predicted octanol–water partition coefficient (Wildman–Crippen LogP) is 1.94. The molecule has 1 heterocycles. The van der Waals surface area contributed by atoms with E-state index in [4.69, 9.17) is 0 Å². The zero-order valence-corrected chi connectivity index (χ0v) is 6.65. The molecular weight excluding hydrogens is 156 g/mol. The summed E-state index contributed by atoms with van der Waals surface area (Å²) in [5.74, 6) is 0. The van der Waals surface area contributed by atoms with Gasteiger partial charge in [-0.05, 0) is 6.92 Å². The van der Waals surface area contributed by atoms with E-state index in [9.17, 15) is 10.1 Å². The molecule has 12 heavy (non-hydrogen) atoms. The lowest BCUT2D eigenvalue weighted by molar-refractivity contribution is -0.385. The van der Waals surface area contributed by atoms with Crippen LogP contribution in [-0.4, -0.2) is 9.91 Å². The van der Waals surface area contributed by atoms with Gasteiger partial charge in [-0.15, -0.1) is 0 Å². The largest absolute Gasteiger partial charge is 0.291 e. The van der Waals surface area contributed by atoms with Crippen molar-refractivity contribution in [2.45, 2.75) is 6.92 Å². The molecule has 0 aliphatic carbocycles. The maximum atomic E-state index is 10.4. The van der Waals surface area contributed by atoms with Crippen molar-refractivity contribution in [1.82, 2.24) is 4.98 Å². The van der Waals surface area contributed by atoms with Gasteiger partial charge >= 0.3 is 0 Å². The summed E-state index contributed by atoms with van der Waals surface area (Å²) in [6.07, 6.45) is 4.34. The smallest absolute Gasteiger partial charge is 0.258 e. The van der Waals surface area contributed by atoms with E-state index < -0.39 is 4.92 Å². The fourth-order valence-electron chi connectivity index (χ4n) is 0.920. The van der Waals surface area contributed by atoms with Crippen LogP contribution in [0.2, 0.25) is 0 Å². The third-order valence-electron chi connectivity index (χ3n) is 1.64. The molecule has 0 amide bonds. The summed E-state index contributed by atoms with van der Waals surface area (Å²) in [6, 6.07) is 0. The molecule has 0 aromatic carbocycles. The van der Waals surface area contributed by atoms with Gasteiger partial charge in [0.05, 0.1) is 4.92 Å². The Labute approximate surface area is 69.7 Å². The maximum Gasteiger partial charge on any atom is 0.291 e. The van der Waals surface area contributed by atoms with E-state index in [1.807, 2.05) is 0 Å². The molecule has 0 N–H and O–H groups in total. The summed E-state index contributed by atoms with van der Waals surface area (Å²) in [6.45, 7) is 5.21. The first-order valence-electron chi connectivity index (χ1n) is 3.38. The molecular formula is C8H8N2O2. The SMILES string of the molecule is C=Cc1cncc([N+](=O)[O-])c1C. The second-order valence-electron chi connectivity index (χ2n) is 2.33. The Kier molecular flexibility index (Phi) is 2.19. The van der Waals surface area contributed by atoms with Gasteiger partial charge < -0.3 is 0 Å². The Morgan fingerprint density at radius 3 is 2.83 bits per heavy atom. The fraction of sp³-hybridized carbons (Fsp3) is 0.125. The van der Waals surface area contributed by atoms with E-state index in [1.54, 1.807) is 19.2 Å². The second-order valence-corrected chi connectivity index (χ2v) is 2.33. The normalized spacial score (nSPS) is 9.42. The fourth-order valence-corrected chi connectivity index (χ4v) is 0.920. The van der Waals surface area contributed by atoms with Crippen molar-refractivity contribution in [2.75, 3.05) is 0 Å². The lowest BCUT2D eigenvalue weighted by Crippen LogP contribution is -1.94. The molecule has 0 radical (unpaired) electrons. The van der Waals surface area contributed by atoms with Crippen molar-refractivity contribution in [2.24, 2.45) is 0 Å². The van der Waals surface area contributed by atoms with Gasteiger partial charge in [0, 0.05) is 17.3 Å². The highest BCUT2D eigenvalue weighted by Crippen LogP contribution is 2.19. The molecule has 0 spiro atoms. The number of hydrogen-bond donors (Lipinski definition) is 0. The lowest BCUT2D eigenvalue weighted by Gasteiger charge is -1.98. The summed E-state index contributed by atoms with van der Waals surface area (Å²) in [4.78, 5) is 13.7. The van der Waals surface area contributed by atoms with Gasteiger partial charge in [-0.25, -0.2) is 0 Å². The van der Waals surface area contributed by atoms with Crippen LogP contribution < -0.4 is 0 Å². The van der Waals surface area contributed by atoms with Gasteiger partial charge in [-0.3, -0.25) is 15.1 Å². The summed E-state index contributed by atoms with van der Waals surface area (Å²) in [7, 11) is 0. The standard InChI is InChI=1S/C8H8N2O2/c1-3-7-4-9-5-8(6(7)2)10(11)12/h3-5H,1H2,2H3. The molecule has 0 aliphatic heterocycles. The van der Waals surface area contributed by atoms with Crippen molar-refractivity contribution in [3.63, 3.8) is 0 Å². The van der Waals surface area contributed by atoms with Crippen LogP contribution >= 0.6 is 0 Å². The van der Waals surface area contributed by atoms with E-state index >= 15 is 0 Å². The summed E-state index contributed by atoms with van der Waals surface area (Å²) < 4.78 is 0. The van der Waals surface area contributed by atoms with Crippen LogP contribution in [0.5, 0.6) is 0 Å². The number of nitro groups is 1. The molecule has 1 rings (SSSR count). The number of aromatic nitrogens is 1. The van der Waals surface area contributed by atoms with Crippen molar-refractivity contribution >= 4 is 11.8 Å². The van der Waals surface area contributed by atoms with E-state index in [0.717, 1.165) is 0 Å². The Bertz CT molecular complexity index is 334. The third kappa shape index (κ3) is 1.32. The quantitative estimate of drug-likeness (QED) is 0.495. The first-order valence-corrected chi connectivity index (χ1v) is 3.38. The molecule has 4 heteroatoms. The highest BCUT2D eigenvalue weighted by atomic mass is 16.6. The number of rotatable bonds is 2. The molecule has 0 aliphatic rings. The van der Waals surface area contributed by atoms with E-state index in [0.29, 0.717) is 11.1 Å². The molecule has 1 aromatic heterocycles. The maximum absolute atomic E-state index is 10.4. The summed E-state index contributed by atoms with van der Waals surface area (Å²) in [5, 5.41) is 10.4. The molecule has 0 atom stereocenters. The minimum Gasteiger partial charge on any atom is -0.258 e. The van der Waals surface area contributed by atoms with Gasteiger partial charge in [0.1, 0.15) is 6.20 Å². The van der Waals surface area contributed by atoms with Crippen molar-refractivity contribution in [3.05, 3.63) is 40.2 Å². The minimum atomic E-state index is -0.449. The lowest BCUT2D eigenvalue weighted by atomic mass is 10.1. The first kappa shape index (κ1) is 8.39. The van der Waals surface area contributed by atoms with Gasteiger partial charge in [0.15, 0.2) is 0 Å². The highest BCUT2D eigenvalue weighted by Gasteiger charge is 2.11.